The van der Waals surface area contributed by atoms with Gasteiger partial charge in [-0.3, -0.25) is 0 Å². The molecule has 8 nitrogen and oxygen atoms in total. The second-order valence-corrected chi connectivity index (χ2v) is 9.91. The van der Waals surface area contributed by atoms with E-state index in [-0.39, 0.29) is 6.29 Å². The molecule has 0 spiro atoms. The molecule has 0 aliphatic heterocycles. The fourth-order valence-electron chi connectivity index (χ4n) is 2.92. The standard InChI is InChI=1S/C13H17F2NO3.C13H15F2NO3/c2*1-13(2,3)19-12(18)16-10(7-17)11-8(14)5-4-6-9(11)15/h4-6,10,17H,7H2,1-3H3,(H,16,18);4-7,10H,1-3H3,(H,16,18)/t2*10-/m11/s1. The molecule has 0 bridgehead atoms. The number of aliphatic hydroxyl groups excluding tert-OH is 1. The van der Waals surface area contributed by atoms with Crippen molar-refractivity contribution < 1.29 is 46.5 Å². The fourth-order valence-corrected chi connectivity index (χ4v) is 2.92. The number of halogens is 4. The number of nitrogens with one attached hydrogen (secondary N) is 2. The van der Waals surface area contributed by atoms with Gasteiger partial charge >= 0.3 is 12.2 Å². The van der Waals surface area contributed by atoms with Gasteiger partial charge in [0.15, 0.2) is 0 Å². The molecule has 0 aromatic heterocycles. The van der Waals surface area contributed by atoms with Crippen molar-refractivity contribution in [3.8, 4) is 0 Å². The Morgan fingerprint density at radius 2 is 1.16 bits per heavy atom. The van der Waals surface area contributed by atoms with Gasteiger partial charge in [0.05, 0.1) is 18.2 Å². The van der Waals surface area contributed by atoms with E-state index in [4.69, 9.17) is 9.47 Å². The molecular weight excluding hydrogens is 512 g/mol. The predicted molar refractivity (Wildman–Crippen MR) is 130 cm³/mol. The van der Waals surface area contributed by atoms with Crippen molar-refractivity contribution in [2.24, 2.45) is 0 Å². The first-order valence-corrected chi connectivity index (χ1v) is 11.4. The van der Waals surface area contributed by atoms with Gasteiger partial charge in [0, 0.05) is 5.56 Å². The molecule has 2 aromatic rings. The van der Waals surface area contributed by atoms with Gasteiger partial charge in [-0.25, -0.2) is 27.2 Å². The minimum absolute atomic E-state index is 0.241. The lowest BCUT2D eigenvalue weighted by Crippen LogP contribution is -2.37. The van der Waals surface area contributed by atoms with Gasteiger partial charge in [-0.15, -0.1) is 0 Å². The molecule has 38 heavy (non-hydrogen) atoms. The van der Waals surface area contributed by atoms with Gasteiger partial charge in [0.1, 0.15) is 46.8 Å². The van der Waals surface area contributed by atoms with Gasteiger partial charge in [-0.2, -0.15) is 0 Å². The molecule has 2 atom stereocenters. The van der Waals surface area contributed by atoms with Gasteiger partial charge in [-0.1, -0.05) is 12.1 Å². The Balaban J connectivity index is 0.000000380. The van der Waals surface area contributed by atoms with Crippen molar-refractivity contribution in [3.63, 3.8) is 0 Å². The van der Waals surface area contributed by atoms with Crippen molar-refractivity contribution >= 4 is 18.5 Å². The van der Waals surface area contributed by atoms with E-state index in [0.29, 0.717) is 0 Å². The first-order valence-electron chi connectivity index (χ1n) is 11.4. The van der Waals surface area contributed by atoms with Crippen LogP contribution in [0.25, 0.3) is 0 Å². The summed E-state index contributed by atoms with van der Waals surface area (Å²) in [6.07, 6.45) is -1.53. The van der Waals surface area contributed by atoms with Crippen molar-refractivity contribution in [1.82, 2.24) is 10.6 Å². The largest absolute Gasteiger partial charge is 0.444 e. The molecule has 2 amide bonds. The molecule has 0 heterocycles. The highest BCUT2D eigenvalue weighted by Crippen LogP contribution is 2.22. The molecule has 3 N–H and O–H groups in total. The van der Waals surface area contributed by atoms with E-state index in [0.717, 1.165) is 24.3 Å². The zero-order chi connectivity index (χ0) is 29.3. The van der Waals surface area contributed by atoms with Gasteiger partial charge < -0.3 is 30.0 Å². The maximum atomic E-state index is 13.5. The summed E-state index contributed by atoms with van der Waals surface area (Å²) in [6.45, 7) is 9.22. The van der Waals surface area contributed by atoms with Crippen LogP contribution in [0.15, 0.2) is 36.4 Å². The zero-order valence-corrected chi connectivity index (χ0v) is 21.9. The van der Waals surface area contributed by atoms with Crippen LogP contribution in [0.2, 0.25) is 0 Å². The third-order valence-corrected chi connectivity index (χ3v) is 4.34. The summed E-state index contributed by atoms with van der Waals surface area (Å²) in [7, 11) is 0. The topological polar surface area (TPSA) is 114 Å². The minimum atomic E-state index is -1.43. The second kappa shape index (κ2) is 13.8. The molecule has 0 aliphatic carbocycles. The summed E-state index contributed by atoms with van der Waals surface area (Å²) >= 11 is 0. The number of aliphatic hydroxyl groups is 1. The number of amides is 2. The molecule has 2 rings (SSSR count). The van der Waals surface area contributed by atoms with Crippen LogP contribution in [0.1, 0.15) is 64.8 Å². The monoisotopic (exact) mass is 544 g/mol. The fraction of sp³-hybridized carbons (Fsp3) is 0.423. The van der Waals surface area contributed by atoms with Gasteiger partial charge in [0.2, 0.25) is 0 Å². The second-order valence-electron chi connectivity index (χ2n) is 9.91. The quantitative estimate of drug-likeness (QED) is 0.338. The van der Waals surface area contributed by atoms with Crippen LogP contribution in [-0.2, 0) is 14.3 Å². The Morgan fingerprint density at radius 3 is 1.50 bits per heavy atom. The molecule has 12 heteroatoms. The third kappa shape index (κ3) is 10.8. The molecule has 0 radical (unpaired) electrons. The number of ether oxygens (including phenoxy) is 2. The maximum absolute atomic E-state index is 13.5. The first-order chi connectivity index (χ1) is 17.5. The summed E-state index contributed by atoms with van der Waals surface area (Å²) in [5.41, 5.74) is -2.41. The van der Waals surface area contributed by atoms with Gasteiger partial charge in [-0.05, 0) is 65.8 Å². The Labute approximate surface area is 218 Å². The number of carbonyl (C=O) groups excluding carboxylic acids is 3. The zero-order valence-electron chi connectivity index (χ0n) is 21.9. The summed E-state index contributed by atoms with van der Waals surface area (Å²) < 4.78 is 63.9. The molecule has 210 valence electrons. The van der Waals surface area contributed by atoms with Crippen LogP contribution < -0.4 is 10.6 Å². The average Bonchev–Trinajstić information content (AvgIpc) is 2.75. The average molecular weight is 545 g/mol. The Kier molecular flexibility index (Phi) is 11.7. The van der Waals surface area contributed by atoms with Crippen molar-refractivity contribution in [2.45, 2.75) is 64.8 Å². The highest BCUT2D eigenvalue weighted by atomic mass is 19.1. The van der Waals surface area contributed by atoms with E-state index in [1.807, 2.05) is 0 Å². The molecule has 0 aliphatic rings. The number of hydrogen-bond donors (Lipinski definition) is 3. The molecule has 0 fully saturated rings. The normalized spacial score (nSPS) is 12.8. The van der Waals surface area contributed by atoms with Crippen LogP contribution >= 0.6 is 0 Å². The highest BCUT2D eigenvalue weighted by molar-refractivity contribution is 5.74. The number of alkyl carbamates (subject to hydrolysis) is 2. The molecule has 2 aromatic carbocycles. The van der Waals surface area contributed by atoms with Crippen LogP contribution in [0, 0.1) is 23.3 Å². The molecule has 0 saturated carbocycles. The summed E-state index contributed by atoms with van der Waals surface area (Å²) in [5, 5.41) is 13.5. The first kappa shape index (κ1) is 32.4. The predicted octanol–water partition coefficient (Wildman–Crippen LogP) is 5.25. The molecule has 0 saturated heterocycles. The minimum Gasteiger partial charge on any atom is -0.444 e. The van der Waals surface area contributed by atoms with E-state index in [1.165, 1.54) is 12.1 Å². The van der Waals surface area contributed by atoms with Crippen LogP contribution in [0.5, 0.6) is 0 Å². The van der Waals surface area contributed by atoms with E-state index in [1.54, 1.807) is 41.5 Å². The van der Waals surface area contributed by atoms with Crippen molar-refractivity contribution in [2.75, 3.05) is 6.61 Å². The van der Waals surface area contributed by atoms with E-state index >= 15 is 0 Å². The lowest BCUT2D eigenvalue weighted by atomic mass is 10.1. The number of aldehydes is 1. The van der Waals surface area contributed by atoms with Gasteiger partial charge in [0.25, 0.3) is 0 Å². The Morgan fingerprint density at radius 1 is 0.789 bits per heavy atom. The Bertz CT molecular complexity index is 1080. The lowest BCUT2D eigenvalue weighted by Gasteiger charge is -2.23. The third-order valence-electron chi connectivity index (χ3n) is 4.34. The summed E-state index contributed by atoms with van der Waals surface area (Å²) in [6, 6.07) is 3.86. The van der Waals surface area contributed by atoms with Crippen LogP contribution in [-0.4, -0.2) is 41.4 Å². The summed E-state index contributed by atoms with van der Waals surface area (Å²) in [4.78, 5) is 33.9. The maximum Gasteiger partial charge on any atom is 0.408 e. The molecular formula is C26H32F4N2O6. The van der Waals surface area contributed by atoms with E-state index in [9.17, 15) is 37.1 Å². The Hall–Kier alpha value is -3.67. The molecule has 0 unspecified atom stereocenters. The summed E-state index contributed by atoms with van der Waals surface area (Å²) in [5.74, 6) is -3.49. The van der Waals surface area contributed by atoms with Crippen molar-refractivity contribution in [1.29, 1.82) is 0 Å². The van der Waals surface area contributed by atoms with E-state index in [2.05, 4.69) is 10.6 Å². The number of carbonyl (C=O) groups is 3. The lowest BCUT2D eigenvalue weighted by molar-refractivity contribution is -0.109. The number of rotatable bonds is 6. The smallest absolute Gasteiger partial charge is 0.408 e. The van der Waals surface area contributed by atoms with Crippen LogP contribution in [0.3, 0.4) is 0 Å². The highest BCUT2D eigenvalue weighted by Gasteiger charge is 2.25. The number of benzene rings is 2. The van der Waals surface area contributed by atoms with E-state index < -0.39 is 76.5 Å². The number of hydrogen-bond acceptors (Lipinski definition) is 6. The SMILES string of the molecule is CC(C)(C)OC(=O)N[C@H](C=O)c1c(F)cccc1F.CC(C)(C)OC(=O)N[C@H](CO)c1c(F)cccc1F. The van der Waals surface area contributed by atoms with Crippen LogP contribution in [0.4, 0.5) is 27.2 Å². The van der Waals surface area contributed by atoms with Crippen molar-refractivity contribution in [3.05, 3.63) is 70.8 Å².